The molecule has 1 heterocycles. The monoisotopic (exact) mass is 595 g/mol. The van der Waals surface area contributed by atoms with E-state index >= 15 is 0 Å². The fourth-order valence-electron chi connectivity index (χ4n) is 4.46. The van der Waals surface area contributed by atoms with Crippen molar-refractivity contribution in [2.75, 3.05) is 13.7 Å². The van der Waals surface area contributed by atoms with Crippen LogP contribution in [0.1, 0.15) is 46.6 Å². The largest absolute Gasteiger partial charge is 0.467 e. The molecule has 1 aliphatic heterocycles. The lowest BCUT2D eigenvalue weighted by atomic mass is 9.87. The van der Waals surface area contributed by atoms with Crippen molar-refractivity contribution in [3.63, 3.8) is 0 Å². The van der Waals surface area contributed by atoms with E-state index in [4.69, 9.17) is 33.2 Å². The highest BCUT2D eigenvalue weighted by Crippen LogP contribution is 2.33. The number of esters is 5. The van der Waals surface area contributed by atoms with E-state index in [1.54, 1.807) is 31.2 Å². The Hall–Kier alpha value is -4.20. The van der Waals surface area contributed by atoms with Crippen LogP contribution in [-0.2, 0) is 63.7 Å². The van der Waals surface area contributed by atoms with Crippen molar-refractivity contribution in [1.29, 1.82) is 0 Å². The summed E-state index contributed by atoms with van der Waals surface area (Å²) in [6, 6.07) is 7.67. The van der Waals surface area contributed by atoms with Crippen molar-refractivity contribution in [2.24, 2.45) is 5.92 Å². The van der Waals surface area contributed by atoms with Crippen molar-refractivity contribution in [3.8, 4) is 0 Å². The molecule has 0 aromatic heterocycles. The topological polar surface area (TPSA) is 179 Å². The predicted molar refractivity (Wildman–Crippen MR) is 141 cm³/mol. The van der Waals surface area contributed by atoms with E-state index in [0.29, 0.717) is 0 Å². The van der Waals surface area contributed by atoms with Gasteiger partial charge in [0.15, 0.2) is 18.3 Å². The first-order chi connectivity index (χ1) is 19.8. The van der Waals surface area contributed by atoms with E-state index in [0.717, 1.165) is 40.4 Å². The van der Waals surface area contributed by atoms with E-state index in [1.807, 2.05) is 6.07 Å². The first-order valence-corrected chi connectivity index (χ1v) is 13.2. The molecule has 232 valence electrons. The molecule has 0 bridgehead atoms. The van der Waals surface area contributed by atoms with Crippen LogP contribution in [0, 0.1) is 5.92 Å². The molecule has 1 amide bonds. The molecular weight excluding hydrogens is 558 g/mol. The lowest BCUT2D eigenvalue weighted by molar-refractivity contribution is -0.254. The minimum absolute atomic E-state index is 0.0470. The van der Waals surface area contributed by atoms with Crippen LogP contribution < -0.4 is 5.32 Å². The number of hydrogen-bond acceptors (Lipinski definition) is 13. The summed E-state index contributed by atoms with van der Waals surface area (Å²) in [4.78, 5) is 72.9. The fraction of sp³-hybridized carbons (Fsp3) is 0.571. The van der Waals surface area contributed by atoms with E-state index in [9.17, 15) is 28.8 Å². The molecule has 1 saturated heterocycles. The van der Waals surface area contributed by atoms with Gasteiger partial charge in [0.25, 0.3) is 0 Å². The first kappa shape index (κ1) is 34.0. The second-order valence-corrected chi connectivity index (χ2v) is 9.66. The Kier molecular flexibility index (Phi) is 13.2. The average Bonchev–Trinajstić information content (AvgIpc) is 2.92. The SMILES string of the molecule is COC(=O)[C@@H](NC(=O)OCc1ccccc1)[C@H](C)C[C@@H]1O[C@H](COC(C)=O)[C@@H](OC(C)=O)[C@H](OC(C)=O)[C@H]1OC(C)=O. The first-order valence-electron chi connectivity index (χ1n) is 13.2. The highest BCUT2D eigenvalue weighted by molar-refractivity contribution is 5.81. The van der Waals surface area contributed by atoms with E-state index in [2.05, 4.69) is 5.32 Å². The van der Waals surface area contributed by atoms with Crippen LogP contribution in [0.15, 0.2) is 30.3 Å². The average molecular weight is 596 g/mol. The molecule has 0 unspecified atom stereocenters. The van der Waals surface area contributed by atoms with Crippen LogP contribution >= 0.6 is 0 Å². The zero-order chi connectivity index (χ0) is 31.4. The molecule has 1 aliphatic rings. The molecule has 0 spiro atoms. The predicted octanol–water partition coefficient (Wildman–Crippen LogP) is 1.61. The quantitative estimate of drug-likeness (QED) is 0.272. The molecule has 14 heteroatoms. The summed E-state index contributed by atoms with van der Waals surface area (Å²) in [6.45, 7) is 5.68. The van der Waals surface area contributed by atoms with Gasteiger partial charge in [0.05, 0.1) is 13.2 Å². The van der Waals surface area contributed by atoms with Crippen LogP contribution in [0.2, 0.25) is 0 Å². The highest BCUT2D eigenvalue weighted by atomic mass is 16.7. The third kappa shape index (κ3) is 10.7. The molecule has 0 aliphatic carbocycles. The second kappa shape index (κ2) is 16.3. The number of carbonyl (C=O) groups excluding carboxylic acids is 6. The zero-order valence-corrected chi connectivity index (χ0v) is 24.4. The summed E-state index contributed by atoms with van der Waals surface area (Å²) < 4.78 is 37.6. The van der Waals surface area contributed by atoms with Crippen molar-refractivity contribution in [2.45, 2.75) is 84.2 Å². The number of rotatable bonds is 12. The van der Waals surface area contributed by atoms with Gasteiger partial charge in [-0.15, -0.1) is 0 Å². The van der Waals surface area contributed by atoms with Crippen LogP contribution in [0.4, 0.5) is 4.79 Å². The lowest BCUT2D eigenvalue weighted by Crippen LogP contribution is -2.63. The summed E-state index contributed by atoms with van der Waals surface area (Å²) in [5, 5.41) is 2.49. The fourth-order valence-corrected chi connectivity index (χ4v) is 4.46. The van der Waals surface area contributed by atoms with Gasteiger partial charge >= 0.3 is 35.9 Å². The van der Waals surface area contributed by atoms with Gasteiger partial charge in [-0.05, 0) is 17.9 Å². The third-order valence-electron chi connectivity index (χ3n) is 6.20. The maximum atomic E-state index is 12.7. The van der Waals surface area contributed by atoms with Crippen molar-refractivity contribution < 1.29 is 61.9 Å². The normalized spacial score (nSPS) is 22.9. The highest BCUT2D eigenvalue weighted by Gasteiger charge is 2.52. The number of benzene rings is 1. The van der Waals surface area contributed by atoms with Crippen molar-refractivity contribution in [3.05, 3.63) is 35.9 Å². The van der Waals surface area contributed by atoms with Crippen LogP contribution in [-0.4, -0.2) is 86.2 Å². The number of methoxy groups -OCH3 is 1. The summed E-state index contributed by atoms with van der Waals surface area (Å²) in [6.07, 6.45) is -7.18. The standard InChI is InChI=1S/C28H37NO13/c1-15(23(27(34)36-6)29-28(35)38-13-20-10-8-7-9-11-20)12-21-24(39-17(3)31)26(41-19(5)33)25(40-18(4)32)22(42-21)14-37-16(2)30/h7-11,15,21-26H,12-14H2,1-6H3,(H,29,35)/t15-,21+,22-,23+,24+,25-,26-/m1/s1. The number of carbonyl (C=O) groups is 6. The Morgan fingerprint density at radius 3 is 1.86 bits per heavy atom. The van der Waals surface area contributed by atoms with Gasteiger partial charge in [-0.25, -0.2) is 9.59 Å². The van der Waals surface area contributed by atoms with Crippen molar-refractivity contribution in [1.82, 2.24) is 5.32 Å². The molecule has 42 heavy (non-hydrogen) atoms. The third-order valence-corrected chi connectivity index (χ3v) is 6.20. The zero-order valence-electron chi connectivity index (χ0n) is 24.4. The van der Waals surface area contributed by atoms with Gasteiger partial charge in [0.1, 0.15) is 25.4 Å². The number of alkyl carbamates (subject to hydrolysis) is 1. The Labute approximate surface area is 243 Å². The molecule has 1 aromatic carbocycles. The van der Waals surface area contributed by atoms with Crippen molar-refractivity contribution >= 4 is 35.9 Å². The molecular formula is C28H37NO13. The summed E-state index contributed by atoms with van der Waals surface area (Å²) >= 11 is 0. The Bertz CT molecular complexity index is 1110. The van der Waals surface area contributed by atoms with Gasteiger partial charge in [-0.3, -0.25) is 19.2 Å². The van der Waals surface area contributed by atoms with E-state index in [1.165, 1.54) is 0 Å². The molecule has 1 N–H and O–H groups in total. The van der Waals surface area contributed by atoms with Gasteiger partial charge in [-0.1, -0.05) is 37.3 Å². The molecule has 1 aromatic rings. The maximum Gasteiger partial charge on any atom is 0.408 e. The van der Waals surface area contributed by atoms with Gasteiger partial charge < -0.3 is 38.5 Å². The summed E-state index contributed by atoms with van der Waals surface area (Å²) in [5.74, 6) is -4.46. The Morgan fingerprint density at radius 1 is 0.786 bits per heavy atom. The number of ether oxygens (including phenoxy) is 7. The summed E-state index contributed by atoms with van der Waals surface area (Å²) in [5.41, 5.74) is 0.729. The Morgan fingerprint density at radius 2 is 1.33 bits per heavy atom. The molecule has 7 atom stereocenters. The van der Waals surface area contributed by atoms with Gasteiger partial charge in [-0.2, -0.15) is 0 Å². The molecule has 2 rings (SSSR count). The van der Waals surface area contributed by atoms with E-state index < -0.39 is 85.0 Å². The number of hydrogen-bond donors (Lipinski definition) is 1. The van der Waals surface area contributed by atoms with Crippen LogP contribution in [0.3, 0.4) is 0 Å². The van der Waals surface area contributed by atoms with E-state index in [-0.39, 0.29) is 13.0 Å². The van der Waals surface area contributed by atoms with Crippen LogP contribution in [0.5, 0.6) is 0 Å². The summed E-state index contributed by atoms with van der Waals surface area (Å²) in [7, 11) is 1.15. The van der Waals surface area contributed by atoms with Gasteiger partial charge in [0.2, 0.25) is 0 Å². The second-order valence-electron chi connectivity index (χ2n) is 9.66. The molecule has 0 radical (unpaired) electrons. The minimum atomic E-state index is -1.36. The maximum absolute atomic E-state index is 12.7. The van der Waals surface area contributed by atoms with Gasteiger partial charge in [0, 0.05) is 27.7 Å². The molecule has 1 fully saturated rings. The van der Waals surface area contributed by atoms with Crippen LogP contribution in [0.25, 0.3) is 0 Å². The number of nitrogens with one attached hydrogen (secondary N) is 1. The molecule has 0 saturated carbocycles. The molecule has 14 nitrogen and oxygen atoms in total. The number of amides is 1. The smallest absolute Gasteiger partial charge is 0.408 e. The Balaban J connectivity index is 2.34. The minimum Gasteiger partial charge on any atom is -0.467 e. The lowest BCUT2D eigenvalue weighted by Gasteiger charge is -2.45.